The maximum absolute atomic E-state index is 5.99. The van der Waals surface area contributed by atoms with Gasteiger partial charge >= 0.3 is 0 Å². The number of nitrogens with two attached hydrogens (primary N) is 1. The third kappa shape index (κ3) is 2.41. The molecule has 0 bridgehead atoms. The van der Waals surface area contributed by atoms with E-state index in [0.29, 0.717) is 24.2 Å². The Morgan fingerprint density at radius 2 is 2.25 bits per heavy atom. The molecule has 2 N–H and O–H groups in total. The van der Waals surface area contributed by atoms with Crippen LogP contribution in [0.2, 0.25) is 0 Å². The Bertz CT molecular complexity index is 336. The zero-order valence-electron chi connectivity index (χ0n) is 9.85. The van der Waals surface area contributed by atoms with Gasteiger partial charge in [0.1, 0.15) is 6.10 Å². The van der Waals surface area contributed by atoms with Crippen LogP contribution in [0.3, 0.4) is 0 Å². The summed E-state index contributed by atoms with van der Waals surface area (Å²) >= 11 is 0. The molecular formula is C11H19N3O2. The highest BCUT2D eigenvalue weighted by Crippen LogP contribution is 2.39. The van der Waals surface area contributed by atoms with E-state index in [9.17, 15) is 0 Å². The van der Waals surface area contributed by atoms with E-state index in [1.54, 1.807) is 0 Å². The van der Waals surface area contributed by atoms with E-state index in [1.165, 1.54) is 12.8 Å². The van der Waals surface area contributed by atoms with Gasteiger partial charge in [-0.2, -0.15) is 4.98 Å². The molecule has 0 aliphatic heterocycles. The summed E-state index contributed by atoms with van der Waals surface area (Å²) in [4.78, 5) is 4.33. The van der Waals surface area contributed by atoms with Crippen LogP contribution in [0.25, 0.3) is 0 Å². The zero-order chi connectivity index (χ0) is 11.5. The predicted molar refractivity (Wildman–Crippen MR) is 58.6 cm³/mol. The van der Waals surface area contributed by atoms with Crippen LogP contribution in [-0.2, 0) is 4.74 Å². The van der Waals surface area contributed by atoms with E-state index in [4.69, 9.17) is 15.0 Å². The lowest BCUT2D eigenvalue weighted by molar-refractivity contribution is 0.0518. The van der Waals surface area contributed by atoms with Crippen LogP contribution in [0.5, 0.6) is 0 Å². The molecule has 90 valence electrons. The molecule has 0 spiro atoms. The van der Waals surface area contributed by atoms with Crippen molar-refractivity contribution in [2.45, 2.75) is 45.3 Å². The summed E-state index contributed by atoms with van der Waals surface area (Å²) in [7, 11) is 0. The molecular weight excluding hydrogens is 206 g/mol. The molecule has 1 saturated carbocycles. The van der Waals surface area contributed by atoms with Gasteiger partial charge in [0.2, 0.25) is 11.7 Å². The van der Waals surface area contributed by atoms with Gasteiger partial charge in [-0.25, -0.2) is 0 Å². The van der Waals surface area contributed by atoms with Crippen molar-refractivity contribution in [3.63, 3.8) is 0 Å². The quantitative estimate of drug-likeness (QED) is 0.801. The molecule has 0 amide bonds. The van der Waals surface area contributed by atoms with Gasteiger partial charge in [0.25, 0.3) is 0 Å². The first-order chi connectivity index (χ1) is 7.76. The van der Waals surface area contributed by atoms with Crippen LogP contribution in [0.1, 0.15) is 57.0 Å². The lowest BCUT2D eigenvalue weighted by Crippen LogP contribution is -2.13. The maximum atomic E-state index is 5.99. The van der Waals surface area contributed by atoms with Crippen molar-refractivity contribution in [2.75, 3.05) is 6.61 Å². The lowest BCUT2D eigenvalue weighted by Gasteiger charge is -2.09. The molecule has 1 heterocycles. The maximum Gasteiger partial charge on any atom is 0.243 e. The van der Waals surface area contributed by atoms with Gasteiger partial charge in [0, 0.05) is 6.61 Å². The fourth-order valence-corrected chi connectivity index (χ4v) is 1.75. The van der Waals surface area contributed by atoms with Gasteiger partial charge in [0.15, 0.2) is 0 Å². The van der Waals surface area contributed by atoms with E-state index < -0.39 is 0 Å². The van der Waals surface area contributed by atoms with E-state index in [0.717, 1.165) is 6.42 Å². The van der Waals surface area contributed by atoms with Crippen LogP contribution in [0, 0.1) is 5.92 Å². The number of hydrogen-bond acceptors (Lipinski definition) is 5. The first kappa shape index (κ1) is 11.5. The van der Waals surface area contributed by atoms with Crippen molar-refractivity contribution in [3.05, 3.63) is 11.7 Å². The minimum atomic E-state index is -0.0969. The second-order valence-electron chi connectivity index (χ2n) is 4.21. The predicted octanol–water partition coefficient (Wildman–Crippen LogP) is 1.97. The molecule has 1 aliphatic carbocycles. The number of nitrogens with zero attached hydrogens (tertiary/aromatic N) is 2. The Kier molecular flexibility index (Phi) is 3.56. The summed E-state index contributed by atoms with van der Waals surface area (Å²) < 4.78 is 10.7. The SMILES string of the molecule is CCOC(CC)c1noc(C(N)C2CC2)n1. The highest BCUT2D eigenvalue weighted by Gasteiger charge is 2.33. The van der Waals surface area contributed by atoms with E-state index in [-0.39, 0.29) is 12.1 Å². The Morgan fingerprint density at radius 3 is 2.81 bits per heavy atom. The van der Waals surface area contributed by atoms with Crippen molar-refractivity contribution < 1.29 is 9.26 Å². The molecule has 5 heteroatoms. The molecule has 0 saturated heterocycles. The molecule has 2 atom stereocenters. The smallest absolute Gasteiger partial charge is 0.243 e. The first-order valence-corrected chi connectivity index (χ1v) is 5.96. The fourth-order valence-electron chi connectivity index (χ4n) is 1.75. The minimum Gasteiger partial charge on any atom is -0.370 e. The van der Waals surface area contributed by atoms with E-state index in [2.05, 4.69) is 10.1 Å². The van der Waals surface area contributed by atoms with Gasteiger partial charge < -0.3 is 15.0 Å². The molecule has 1 aromatic rings. The fraction of sp³-hybridized carbons (Fsp3) is 0.818. The normalized spacial score (nSPS) is 19.7. The highest BCUT2D eigenvalue weighted by molar-refractivity contribution is 5.00. The number of aromatic nitrogens is 2. The molecule has 2 unspecified atom stereocenters. The number of ether oxygens (including phenoxy) is 1. The molecule has 5 nitrogen and oxygen atoms in total. The standard InChI is InChI=1S/C11H19N3O2/c1-3-8(15-4-2)10-13-11(16-14-10)9(12)7-5-6-7/h7-9H,3-6,12H2,1-2H3. The Labute approximate surface area is 95.3 Å². The van der Waals surface area contributed by atoms with Crippen molar-refractivity contribution in [3.8, 4) is 0 Å². The monoisotopic (exact) mass is 225 g/mol. The molecule has 1 aliphatic rings. The molecule has 0 aromatic carbocycles. The molecule has 2 rings (SSSR count). The topological polar surface area (TPSA) is 74.2 Å². The van der Waals surface area contributed by atoms with Gasteiger partial charge in [-0.3, -0.25) is 0 Å². The van der Waals surface area contributed by atoms with E-state index >= 15 is 0 Å². The van der Waals surface area contributed by atoms with Gasteiger partial charge in [-0.1, -0.05) is 12.1 Å². The zero-order valence-corrected chi connectivity index (χ0v) is 9.85. The van der Waals surface area contributed by atoms with Crippen molar-refractivity contribution in [1.29, 1.82) is 0 Å². The summed E-state index contributed by atoms with van der Waals surface area (Å²) in [6, 6.07) is -0.0969. The largest absolute Gasteiger partial charge is 0.370 e. The van der Waals surface area contributed by atoms with Gasteiger partial charge in [-0.15, -0.1) is 0 Å². The summed E-state index contributed by atoms with van der Waals surface area (Å²) in [5.74, 6) is 1.70. The third-order valence-electron chi connectivity index (χ3n) is 2.90. The summed E-state index contributed by atoms with van der Waals surface area (Å²) in [5, 5.41) is 3.95. The molecule has 1 aromatic heterocycles. The van der Waals surface area contributed by atoms with Crippen molar-refractivity contribution >= 4 is 0 Å². The van der Waals surface area contributed by atoms with E-state index in [1.807, 2.05) is 13.8 Å². The Hall–Kier alpha value is -0.940. The Morgan fingerprint density at radius 1 is 1.50 bits per heavy atom. The molecule has 16 heavy (non-hydrogen) atoms. The lowest BCUT2D eigenvalue weighted by atomic mass is 10.2. The van der Waals surface area contributed by atoms with Crippen LogP contribution < -0.4 is 5.73 Å². The van der Waals surface area contributed by atoms with Crippen LogP contribution >= 0.6 is 0 Å². The van der Waals surface area contributed by atoms with Crippen LogP contribution in [0.4, 0.5) is 0 Å². The number of rotatable bonds is 6. The summed E-state index contributed by atoms with van der Waals surface area (Å²) in [5.41, 5.74) is 5.99. The minimum absolute atomic E-state index is 0.0751. The second kappa shape index (κ2) is 4.93. The average Bonchev–Trinajstić information content (AvgIpc) is 3.03. The Balaban J connectivity index is 2.04. The van der Waals surface area contributed by atoms with Crippen LogP contribution in [0.15, 0.2) is 4.52 Å². The van der Waals surface area contributed by atoms with Gasteiger partial charge in [0.05, 0.1) is 6.04 Å². The third-order valence-corrected chi connectivity index (χ3v) is 2.90. The first-order valence-electron chi connectivity index (χ1n) is 5.96. The highest BCUT2D eigenvalue weighted by atomic mass is 16.5. The van der Waals surface area contributed by atoms with Crippen molar-refractivity contribution in [2.24, 2.45) is 11.7 Å². The summed E-state index contributed by atoms with van der Waals surface area (Å²) in [6.07, 6.45) is 3.10. The average molecular weight is 225 g/mol. The molecule has 1 fully saturated rings. The summed E-state index contributed by atoms with van der Waals surface area (Å²) in [6.45, 7) is 4.65. The van der Waals surface area contributed by atoms with Gasteiger partial charge in [-0.05, 0) is 32.1 Å². The number of hydrogen-bond donors (Lipinski definition) is 1. The second-order valence-corrected chi connectivity index (χ2v) is 4.21. The van der Waals surface area contributed by atoms with Crippen LogP contribution in [-0.4, -0.2) is 16.7 Å². The molecule has 0 radical (unpaired) electrons. The van der Waals surface area contributed by atoms with Crippen molar-refractivity contribution in [1.82, 2.24) is 10.1 Å².